The minimum atomic E-state index is 0.0586. The summed E-state index contributed by atoms with van der Waals surface area (Å²) >= 11 is 0. The van der Waals surface area contributed by atoms with Crippen molar-refractivity contribution in [2.24, 2.45) is 11.8 Å². The Kier molecular flexibility index (Phi) is 4.92. The third-order valence-corrected chi connectivity index (χ3v) is 4.76. The van der Waals surface area contributed by atoms with Crippen LogP contribution in [0.25, 0.3) is 11.2 Å². The molecule has 0 radical (unpaired) electrons. The van der Waals surface area contributed by atoms with Gasteiger partial charge in [0, 0.05) is 43.6 Å². The summed E-state index contributed by atoms with van der Waals surface area (Å²) in [5, 5.41) is 3.22. The number of aromatic nitrogens is 3. The van der Waals surface area contributed by atoms with Crippen molar-refractivity contribution in [1.82, 2.24) is 20.3 Å². The number of fused-ring (bicyclic) bond motifs is 1. The van der Waals surface area contributed by atoms with Crippen LogP contribution >= 0.6 is 0 Å². The fourth-order valence-corrected chi connectivity index (χ4v) is 3.30. The third kappa shape index (κ3) is 3.47. The Balaban J connectivity index is 1.81. The minimum Gasteiger partial charge on any atom is -0.367 e. The first kappa shape index (κ1) is 16.6. The van der Waals surface area contributed by atoms with Crippen molar-refractivity contribution < 1.29 is 4.79 Å². The standard InChI is InChI=1S/C18H25N5O/c1-4-13(3)18(24)22-14-9-12(2)10-23(11-14)15-5-6-20-17-16(15)19-7-8-21-17/h5-8,12-14H,4,9-11H2,1-3H3,(H,22,24)/t12-,13-,14+/m0/s1. The molecule has 1 aliphatic rings. The number of hydrogen-bond acceptors (Lipinski definition) is 5. The van der Waals surface area contributed by atoms with E-state index in [0.29, 0.717) is 11.6 Å². The molecular weight excluding hydrogens is 302 g/mol. The number of carbonyl (C=O) groups is 1. The van der Waals surface area contributed by atoms with Crippen molar-refractivity contribution in [1.29, 1.82) is 0 Å². The molecule has 0 spiro atoms. The van der Waals surface area contributed by atoms with E-state index in [1.54, 1.807) is 18.6 Å². The summed E-state index contributed by atoms with van der Waals surface area (Å²) in [6.45, 7) is 7.99. The van der Waals surface area contributed by atoms with Crippen LogP contribution < -0.4 is 10.2 Å². The quantitative estimate of drug-likeness (QED) is 0.934. The molecule has 0 aromatic carbocycles. The topological polar surface area (TPSA) is 71.0 Å². The van der Waals surface area contributed by atoms with E-state index >= 15 is 0 Å². The minimum absolute atomic E-state index is 0.0586. The molecular formula is C18H25N5O. The number of piperidine rings is 1. The van der Waals surface area contributed by atoms with E-state index in [0.717, 1.165) is 37.1 Å². The Morgan fingerprint density at radius 3 is 2.83 bits per heavy atom. The van der Waals surface area contributed by atoms with Gasteiger partial charge in [-0.2, -0.15) is 0 Å². The zero-order chi connectivity index (χ0) is 17.1. The molecule has 128 valence electrons. The van der Waals surface area contributed by atoms with E-state index < -0.39 is 0 Å². The Bertz CT molecular complexity index is 714. The maximum Gasteiger partial charge on any atom is 0.223 e. The summed E-state index contributed by atoms with van der Waals surface area (Å²) < 4.78 is 0. The number of nitrogens with one attached hydrogen (secondary N) is 1. The van der Waals surface area contributed by atoms with Gasteiger partial charge in [-0.3, -0.25) is 4.79 Å². The number of amides is 1. The summed E-state index contributed by atoms with van der Waals surface area (Å²) in [5.41, 5.74) is 2.52. The molecule has 1 fully saturated rings. The van der Waals surface area contributed by atoms with Gasteiger partial charge in [-0.15, -0.1) is 0 Å². The molecule has 6 nitrogen and oxygen atoms in total. The van der Waals surface area contributed by atoms with Gasteiger partial charge in [0.1, 0.15) is 5.52 Å². The molecule has 0 aliphatic carbocycles. The number of hydrogen-bond donors (Lipinski definition) is 1. The molecule has 1 saturated heterocycles. The summed E-state index contributed by atoms with van der Waals surface area (Å²) in [5.74, 6) is 0.708. The summed E-state index contributed by atoms with van der Waals surface area (Å²) in [6.07, 6.45) is 7.00. The largest absolute Gasteiger partial charge is 0.367 e. The number of rotatable bonds is 4. The van der Waals surface area contributed by atoms with Crippen molar-refractivity contribution in [3.63, 3.8) is 0 Å². The van der Waals surface area contributed by atoms with Crippen LogP contribution in [-0.2, 0) is 4.79 Å². The van der Waals surface area contributed by atoms with Crippen LogP contribution in [0.4, 0.5) is 5.69 Å². The van der Waals surface area contributed by atoms with E-state index in [2.05, 4.69) is 32.1 Å². The molecule has 0 unspecified atom stereocenters. The molecule has 2 aromatic rings. The van der Waals surface area contributed by atoms with Crippen molar-refractivity contribution in [2.75, 3.05) is 18.0 Å². The second-order valence-electron chi connectivity index (χ2n) is 6.82. The first-order chi connectivity index (χ1) is 11.6. The van der Waals surface area contributed by atoms with Crippen LogP contribution in [0, 0.1) is 11.8 Å². The molecule has 3 rings (SSSR count). The number of pyridine rings is 1. The molecule has 3 atom stereocenters. The maximum atomic E-state index is 12.2. The van der Waals surface area contributed by atoms with Gasteiger partial charge in [0.25, 0.3) is 0 Å². The number of carbonyl (C=O) groups excluding carboxylic acids is 1. The molecule has 0 bridgehead atoms. The van der Waals surface area contributed by atoms with Gasteiger partial charge in [0.05, 0.1) is 5.69 Å². The van der Waals surface area contributed by atoms with Gasteiger partial charge >= 0.3 is 0 Å². The van der Waals surface area contributed by atoms with Crippen molar-refractivity contribution in [3.05, 3.63) is 24.7 Å². The maximum absolute atomic E-state index is 12.2. The van der Waals surface area contributed by atoms with Crippen LogP contribution in [0.3, 0.4) is 0 Å². The van der Waals surface area contributed by atoms with Gasteiger partial charge in [0.15, 0.2) is 5.65 Å². The Hall–Kier alpha value is -2.24. The smallest absolute Gasteiger partial charge is 0.223 e. The van der Waals surface area contributed by atoms with E-state index in [1.807, 2.05) is 19.9 Å². The van der Waals surface area contributed by atoms with Crippen LogP contribution in [0.5, 0.6) is 0 Å². The normalized spacial score (nSPS) is 22.4. The second kappa shape index (κ2) is 7.11. The molecule has 0 saturated carbocycles. The third-order valence-electron chi connectivity index (χ3n) is 4.76. The van der Waals surface area contributed by atoms with Gasteiger partial charge in [-0.25, -0.2) is 15.0 Å². The highest BCUT2D eigenvalue weighted by atomic mass is 16.1. The molecule has 2 aromatic heterocycles. The van der Waals surface area contributed by atoms with E-state index in [9.17, 15) is 4.79 Å². The van der Waals surface area contributed by atoms with E-state index in [4.69, 9.17) is 0 Å². The summed E-state index contributed by atoms with van der Waals surface area (Å²) in [7, 11) is 0. The number of anilines is 1. The van der Waals surface area contributed by atoms with Crippen molar-refractivity contribution in [3.8, 4) is 0 Å². The van der Waals surface area contributed by atoms with Gasteiger partial charge < -0.3 is 10.2 Å². The fourth-order valence-electron chi connectivity index (χ4n) is 3.30. The first-order valence-electron chi connectivity index (χ1n) is 8.69. The average molecular weight is 327 g/mol. The zero-order valence-corrected chi connectivity index (χ0v) is 14.6. The lowest BCUT2D eigenvalue weighted by Gasteiger charge is -2.38. The van der Waals surface area contributed by atoms with Gasteiger partial charge in [-0.1, -0.05) is 20.8 Å². The summed E-state index contributed by atoms with van der Waals surface area (Å²) in [6, 6.07) is 2.15. The van der Waals surface area contributed by atoms with E-state index in [1.165, 1.54) is 0 Å². The van der Waals surface area contributed by atoms with Crippen LogP contribution in [0.1, 0.15) is 33.6 Å². The lowest BCUT2D eigenvalue weighted by Crippen LogP contribution is -2.51. The lowest BCUT2D eigenvalue weighted by atomic mass is 9.94. The Labute approximate surface area is 142 Å². The summed E-state index contributed by atoms with van der Waals surface area (Å²) in [4.78, 5) is 27.6. The number of nitrogens with zero attached hydrogens (tertiary/aromatic N) is 4. The zero-order valence-electron chi connectivity index (χ0n) is 14.6. The van der Waals surface area contributed by atoms with Crippen LogP contribution in [-0.4, -0.2) is 40.0 Å². The monoisotopic (exact) mass is 327 g/mol. The molecule has 1 N–H and O–H groups in total. The lowest BCUT2D eigenvalue weighted by molar-refractivity contribution is -0.125. The van der Waals surface area contributed by atoms with Crippen LogP contribution in [0.2, 0.25) is 0 Å². The highest BCUT2D eigenvalue weighted by Gasteiger charge is 2.28. The highest BCUT2D eigenvalue weighted by molar-refractivity contribution is 5.85. The van der Waals surface area contributed by atoms with Crippen molar-refractivity contribution in [2.45, 2.75) is 39.7 Å². The Morgan fingerprint density at radius 1 is 1.29 bits per heavy atom. The molecule has 1 aliphatic heterocycles. The predicted molar refractivity (Wildman–Crippen MR) is 94.7 cm³/mol. The van der Waals surface area contributed by atoms with Crippen molar-refractivity contribution >= 4 is 22.8 Å². The predicted octanol–water partition coefficient (Wildman–Crippen LogP) is 2.40. The van der Waals surface area contributed by atoms with Gasteiger partial charge in [0.2, 0.25) is 5.91 Å². The molecule has 3 heterocycles. The average Bonchev–Trinajstić information content (AvgIpc) is 2.60. The van der Waals surface area contributed by atoms with Crippen LogP contribution in [0.15, 0.2) is 24.7 Å². The second-order valence-corrected chi connectivity index (χ2v) is 6.82. The van der Waals surface area contributed by atoms with E-state index in [-0.39, 0.29) is 17.9 Å². The highest BCUT2D eigenvalue weighted by Crippen LogP contribution is 2.27. The molecule has 6 heteroatoms. The first-order valence-corrected chi connectivity index (χ1v) is 8.69. The van der Waals surface area contributed by atoms with Gasteiger partial charge in [-0.05, 0) is 24.8 Å². The Morgan fingerprint density at radius 2 is 2.04 bits per heavy atom. The molecule has 1 amide bonds. The fraction of sp³-hybridized carbons (Fsp3) is 0.556. The SMILES string of the molecule is CC[C@H](C)C(=O)N[C@@H]1C[C@H](C)CN(c2ccnc3nccnc23)C1. The molecule has 24 heavy (non-hydrogen) atoms.